The monoisotopic (exact) mass is 1030 g/mol. The summed E-state index contributed by atoms with van der Waals surface area (Å²) in [6.45, 7) is 24.8. The van der Waals surface area contributed by atoms with E-state index in [2.05, 4.69) is 206 Å². The van der Waals surface area contributed by atoms with E-state index in [0.29, 0.717) is 22.5 Å². The highest BCUT2D eigenvalue weighted by atomic mass is 15.2. The van der Waals surface area contributed by atoms with E-state index < -0.39 is 36.3 Å². The maximum atomic E-state index is 8.88. The summed E-state index contributed by atoms with van der Waals surface area (Å²) in [5.41, 5.74) is 20.9. The van der Waals surface area contributed by atoms with Crippen molar-refractivity contribution in [3.63, 3.8) is 0 Å². The Kier molecular flexibility index (Phi) is 9.29. The number of hydrogen-bond acceptors (Lipinski definition) is 3. The van der Waals surface area contributed by atoms with E-state index in [1.807, 2.05) is 24.3 Å². The van der Waals surface area contributed by atoms with Gasteiger partial charge in [0.1, 0.15) is 0 Å². The van der Waals surface area contributed by atoms with E-state index in [4.69, 9.17) is 13.7 Å². The molecule has 0 spiro atoms. The minimum absolute atomic E-state index is 0.0458. The van der Waals surface area contributed by atoms with Gasteiger partial charge in [0.2, 0.25) is 0 Å². The van der Waals surface area contributed by atoms with Gasteiger partial charge in [-0.15, -0.1) is 0 Å². The zero-order valence-electron chi connectivity index (χ0n) is 57.0. The van der Waals surface area contributed by atoms with Crippen LogP contribution in [0.2, 0.25) is 0 Å². The lowest BCUT2D eigenvalue weighted by molar-refractivity contribution is 0.589. The molecule has 1 aliphatic carbocycles. The normalized spacial score (nSPS) is 15.8. The topological polar surface area (TPSA) is 9.72 Å². The zero-order valence-corrected chi connectivity index (χ0v) is 47.0. The number of benzene rings is 10. The van der Waals surface area contributed by atoms with Gasteiger partial charge in [-0.05, 0) is 173 Å². The van der Waals surface area contributed by atoms with Gasteiger partial charge in [0.15, 0.2) is 0 Å². The summed E-state index contributed by atoms with van der Waals surface area (Å²) in [6, 6.07) is 54.3. The van der Waals surface area contributed by atoms with Gasteiger partial charge in [0, 0.05) is 56.6 Å². The summed E-state index contributed by atoms with van der Waals surface area (Å²) >= 11 is 0. The summed E-state index contributed by atoms with van der Waals surface area (Å²) in [5, 5.41) is 0. The Hall–Kier alpha value is -8.34. The predicted molar refractivity (Wildman–Crippen MR) is 340 cm³/mol. The quantitative estimate of drug-likeness (QED) is 0.147. The molecule has 2 heterocycles. The van der Waals surface area contributed by atoms with Crippen molar-refractivity contribution in [2.75, 3.05) is 14.7 Å². The fourth-order valence-electron chi connectivity index (χ4n) is 12.3. The maximum absolute atomic E-state index is 8.88. The molecular weight excluding hydrogens is 954 g/mol. The Bertz CT molecular complexity index is 4420. The Labute approximate surface area is 484 Å². The van der Waals surface area contributed by atoms with Crippen molar-refractivity contribution in [2.45, 2.75) is 97.8 Å². The molecule has 0 bridgehead atoms. The number of nitrogens with zero attached hydrogens (tertiary/aromatic N) is 3. The lowest BCUT2D eigenvalue weighted by Crippen LogP contribution is -2.61. The van der Waals surface area contributed by atoms with E-state index in [9.17, 15) is 0 Å². The molecule has 0 fully saturated rings. The van der Waals surface area contributed by atoms with Crippen molar-refractivity contribution < 1.29 is 13.7 Å². The zero-order chi connectivity index (χ0) is 63.5. The summed E-state index contributed by atoms with van der Waals surface area (Å²) in [4.78, 5) is 7.07. The molecule has 0 aromatic heterocycles. The van der Waals surface area contributed by atoms with Gasteiger partial charge >= 0.3 is 0 Å². The maximum Gasteiger partial charge on any atom is 0.252 e. The Morgan fingerprint density at radius 2 is 0.899 bits per heavy atom. The second kappa shape index (κ2) is 18.4. The van der Waals surface area contributed by atoms with Gasteiger partial charge in [0.05, 0.1) is 13.7 Å². The van der Waals surface area contributed by atoms with Crippen LogP contribution in [0.3, 0.4) is 0 Å². The van der Waals surface area contributed by atoms with Crippen LogP contribution in [0, 0.1) is 0 Å². The molecule has 0 radical (unpaired) electrons. The Morgan fingerprint density at radius 1 is 0.392 bits per heavy atom. The molecule has 3 aliphatic rings. The molecule has 10 aromatic carbocycles. The lowest BCUT2D eigenvalue weighted by atomic mass is 9.33. The minimum Gasteiger partial charge on any atom is -0.311 e. The molecule has 0 saturated carbocycles. The molecule has 0 atom stereocenters. The molecule has 388 valence electrons. The molecule has 0 unspecified atom stereocenters. The third kappa shape index (κ3) is 8.50. The van der Waals surface area contributed by atoms with Crippen LogP contribution < -0.4 is 31.1 Å². The molecule has 4 heteroatoms. The largest absolute Gasteiger partial charge is 0.311 e. The van der Waals surface area contributed by atoms with Gasteiger partial charge < -0.3 is 14.7 Å². The SMILES string of the molecule is [2H]c1c([2H])c([2H])c(-c2ccc(N(c3ccc(-c4c([2H])c([2H])c([2H])c([2H])c4[2H])cc3)c3ccc4c(c3)N(c3ccc5c(c3)-c3ccccc3C5(C)C)c3cc(C(C)(C)C)cc5c3B4c3cc(C(C)(C)C)ccc3N5c3ccc(C(C)(C)C)cc3)cc2)c([2H])c1[2H]. The van der Waals surface area contributed by atoms with Gasteiger partial charge in [-0.3, -0.25) is 0 Å². The lowest BCUT2D eigenvalue weighted by Gasteiger charge is -2.45. The Morgan fingerprint density at radius 3 is 1.47 bits per heavy atom. The van der Waals surface area contributed by atoms with Crippen molar-refractivity contribution in [1.82, 2.24) is 0 Å². The number of anilines is 9. The van der Waals surface area contributed by atoms with Gasteiger partial charge in [-0.2, -0.15) is 0 Å². The average Bonchev–Trinajstić information content (AvgIpc) is 1.39. The number of rotatable bonds is 7. The highest BCUT2D eigenvalue weighted by Gasteiger charge is 2.45. The molecule has 13 rings (SSSR count). The fourth-order valence-corrected chi connectivity index (χ4v) is 12.3. The van der Waals surface area contributed by atoms with Crippen LogP contribution in [-0.2, 0) is 21.7 Å². The second-order valence-electron chi connectivity index (χ2n) is 25.2. The van der Waals surface area contributed by atoms with E-state index in [-0.39, 0.29) is 63.7 Å². The number of fused-ring (bicyclic) bond motifs is 7. The summed E-state index contributed by atoms with van der Waals surface area (Å²) in [7, 11) is 0. The molecule has 0 amide bonds. The van der Waals surface area contributed by atoms with Crippen molar-refractivity contribution in [1.29, 1.82) is 0 Å². The average molecular weight is 1030 g/mol. The van der Waals surface area contributed by atoms with Crippen molar-refractivity contribution in [2.24, 2.45) is 0 Å². The van der Waals surface area contributed by atoms with Crippen LogP contribution in [0.25, 0.3) is 33.4 Å². The third-order valence-corrected chi connectivity index (χ3v) is 16.7. The predicted octanol–water partition coefficient (Wildman–Crippen LogP) is 18.8. The second-order valence-corrected chi connectivity index (χ2v) is 25.2. The standard InChI is InChI=1S/C75H70BN3/c1-72(2,3)53-30-37-58(38-31-53)78-67-43-32-54(73(4,5)6)44-66(67)76-65-42-40-60(77(56-33-26-51(27-34-56)49-20-14-12-15-21-49)57-35-28-52(29-36-57)50-22-16-13-17-23-50)48-68(65)79(70-46-55(74(7,8)9)45-69(78)71(70)76)59-39-41-64-62(47-59)61-24-18-19-25-63(61)75(64,10)11/h12-48H,1-11H3/i12D,13D,14D,15D,16D,17D,20D,21D,22D,23D. The highest BCUT2D eigenvalue weighted by Crippen LogP contribution is 2.53. The number of hydrogen-bond donors (Lipinski definition) is 0. The van der Waals surface area contributed by atoms with Gasteiger partial charge in [0.25, 0.3) is 6.71 Å². The first-order chi connectivity index (χ1) is 42.0. The van der Waals surface area contributed by atoms with Crippen molar-refractivity contribution >= 4 is 74.3 Å². The first-order valence-corrected chi connectivity index (χ1v) is 27.5. The molecule has 2 aliphatic heterocycles. The van der Waals surface area contributed by atoms with Crippen LogP contribution in [0.5, 0.6) is 0 Å². The van der Waals surface area contributed by atoms with E-state index in [1.165, 1.54) is 49.9 Å². The highest BCUT2D eigenvalue weighted by molar-refractivity contribution is 7.00. The molecule has 3 nitrogen and oxygen atoms in total. The summed E-state index contributed by atoms with van der Waals surface area (Å²) in [5.74, 6) is 0. The summed E-state index contributed by atoms with van der Waals surface area (Å²) in [6.07, 6.45) is 0. The van der Waals surface area contributed by atoms with Gasteiger partial charge in [-0.1, -0.05) is 222 Å². The van der Waals surface area contributed by atoms with E-state index in [1.54, 1.807) is 24.3 Å². The van der Waals surface area contributed by atoms with Crippen LogP contribution in [0.4, 0.5) is 51.2 Å². The molecule has 10 aromatic rings. The Balaban J connectivity index is 1.09. The molecule has 0 saturated heterocycles. The van der Waals surface area contributed by atoms with Crippen LogP contribution in [0.15, 0.2) is 224 Å². The van der Waals surface area contributed by atoms with Gasteiger partial charge in [-0.25, -0.2) is 0 Å². The molecular formula is C75H70BN3. The molecule has 79 heavy (non-hydrogen) atoms. The van der Waals surface area contributed by atoms with Crippen LogP contribution >= 0.6 is 0 Å². The third-order valence-electron chi connectivity index (χ3n) is 16.7. The smallest absolute Gasteiger partial charge is 0.252 e. The van der Waals surface area contributed by atoms with Crippen LogP contribution in [-0.4, -0.2) is 6.71 Å². The first kappa shape index (κ1) is 39.9. The van der Waals surface area contributed by atoms with E-state index in [0.717, 1.165) is 45.3 Å². The molecule has 0 N–H and O–H groups in total. The van der Waals surface area contributed by atoms with Crippen molar-refractivity contribution in [3.05, 3.63) is 252 Å². The van der Waals surface area contributed by atoms with Crippen molar-refractivity contribution in [3.8, 4) is 33.4 Å². The van der Waals surface area contributed by atoms with Crippen LogP contribution in [0.1, 0.15) is 118 Å². The summed E-state index contributed by atoms with van der Waals surface area (Å²) < 4.78 is 86.2. The first-order valence-electron chi connectivity index (χ1n) is 32.5. The fraction of sp³-hybridized carbons (Fsp3) is 0.200. The minimum atomic E-state index is -0.461. The van der Waals surface area contributed by atoms with E-state index >= 15 is 0 Å².